The molecule has 0 fully saturated rings. The van der Waals surface area contributed by atoms with Crippen molar-refractivity contribution >= 4 is 5.78 Å². The molecule has 0 N–H and O–H groups in total. The number of ketones is 1. The van der Waals surface area contributed by atoms with Crippen LogP contribution in [0.25, 0.3) is 0 Å². The zero-order valence-electron chi connectivity index (χ0n) is 13.8. The molecule has 2 aromatic carbocycles. The molecule has 1 atom stereocenters. The Morgan fingerprint density at radius 3 is 2.48 bits per heavy atom. The lowest BCUT2D eigenvalue weighted by Crippen LogP contribution is -2.21. The predicted octanol–water partition coefficient (Wildman–Crippen LogP) is 4.03. The number of rotatable bonds is 3. The summed E-state index contributed by atoms with van der Waals surface area (Å²) in [5, 5.41) is 0. The number of carbonyl (C=O) groups is 1. The molecule has 0 saturated heterocycles. The topological polar surface area (TPSA) is 44.8 Å². The molecule has 23 heavy (non-hydrogen) atoms. The minimum Gasteiger partial charge on any atom is -0.493 e. The van der Waals surface area contributed by atoms with Crippen LogP contribution in [-0.2, 0) is 0 Å². The lowest BCUT2D eigenvalue weighted by molar-refractivity contribution is 0.0848. The fraction of sp³-hybridized carbons (Fsp3) is 0.316. The number of Topliss-reactive ketones (excluding diaryl/α,β-unsaturated/α-hetero) is 1. The third-order valence-electron chi connectivity index (χ3n) is 4.13. The summed E-state index contributed by atoms with van der Waals surface area (Å²) in [6.45, 7) is 3.96. The van der Waals surface area contributed by atoms with Gasteiger partial charge >= 0.3 is 0 Å². The first-order valence-electron chi connectivity index (χ1n) is 7.56. The van der Waals surface area contributed by atoms with Gasteiger partial charge in [-0.15, -0.1) is 0 Å². The molecule has 4 heteroatoms. The van der Waals surface area contributed by atoms with Crippen LogP contribution in [0, 0.1) is 13.8 Å². The highest BCUT2D eigenvalue weighted by atomic mass is 16.5. The first-order valence-corrected chi connectivity index (χ1v) is 7.56. The van der Waals surface area contributed by atoms with E-state index in [-0.39, 0.29) is 11.9 Å². The number of hydrogen-bond donors (Lipinski definition) is 0. The molecule has 1 aliphatic rings. The molecular weight excluding hydrogens is 292 g/mol. The van der Waals surface area contributed by atoms with Crippen LogP contribution < -0.4 is 14.2 Å². The van der Waals surface area contributed by atoms with Gasteiger partial charge in [0.2, 0.25) is 0 Å². The highest BCUT2D eigenvalue weighted by Gasteiger charge is 2.29. The minimum atomic E-state index is -0.309. The average Bonchev–Trinajstić information content (AvgIpc) is 2.55. The van der Waals surface area contributed by atoms with E-state index in [2.05, 4.69) is 0 Å². The van der Waals surface area contributed by atoms with Gasteiger partial charge in [-0.2, -0.15) is 0 Å². The van der Waals surface area contributed by atoms with Crippen LogP contribution in [-0.4, -0.2) is 20.0 Å². The third-order valence-corrected chi connectivity index (χ3v) is 4.13. The van der Waals surface area contributed by atoms with E-state index < -0.39 is 0 Å². The van der Waals surface area contributed by atoms with Crippen LogP contribution in [0.2, 0.25) is 0 Å². The van der Waals surface area contributed by atoms with Crippen LogP contribution in [0.4, 0.5) is 0 Å². The Labute approximate surface area is 136 Å². The number of aryl methyl sites for hydroxylation is 2. The molecule has 4 nitrogen and oxygen atoms in total. The number of hydrogen-bond acceptors (Lipinski definition) is 4. The van der Waals surface area contributed by atoms with Crippen molar-refractivity contribution in [2.75, 3.05) is 14.2 Å². The Balaban J connectivity index is 1.99. The van der Waals surface area contributed by atoms with Gasteiger partial charge in [-0.3, -0.25) is 4.79 Å². The van der Waals surface area contributed by atoms with Crippen LogP contribution in [0.1, 0.15) is 39.6 Å². The van der Waals surface area contributed by atoms with Crippen LogP contribution in [0.15, 0.2) is 30.3 Å². The number of ether oxygens (including phenoxy) is 3. The fourth-order valence-electron chi connectivity index (χ4n) is 3.02. The molecule has 1 heterocycles. The minimum absolute atomic E-state index is 0.109. The molecule has 2 aromatic rings. The summed E-state index contributed by atoms with van der Waals surface area (Å²) in [6, 6.07) is 9.54. The van der Waals surface area contributed by atoms with Crippen LogP contribution in [0.3, 0.4) is 0 Å². The van der Waals surface area contributed by atoms with Crippen LogP contribution >= 0.6 is 0 Å². The van der Waals surface area contributed by atoms with Crippen LogP contribution in [0.5, 0.6) is 17.2 Å². The van der Waals surface area contributed by atoms with Crippen molar-refractivity contribution in [3.8, 4) is 17.2 Å². The second-order valence-electron chi connectivity index (χ2n) is 5.81. The summed E-state index contributed by atoms with van der Waals surface area (Å²) in [6.07, 6.45) is 0.0157. The van der Waals surface area contributed by atoms with Crippen molar-refractivity contribution in [3.05, 3.63) is 52.6 Å². The van der Waals surface area contributed by atoms with Crippen molar-refractivity contribution in [2.24, 2.45) is 0 Å². The number of fused-ring (bicyclic) bond motifs is 1. The zero-order valence-corrected chi connectivity index (χ0v) is 13.8. The van der Waals surface area contributed by atoms with Crippen molar-refractivity contribution in [1.82, 2.24) is 0 Å². The Bertz CT molecular complexity index is 764. The Morgan fingerprint density at radius 2 is 1.78 bits per heavy atom. The number of benzene rings is 2. The fourth-order valence-corrected chi connectivity index (χ4v) is 3.02. The van der Waals surface area contributed by atoms with E-state index in [9.17, 15) is 4.79 Å². The first-order chi connectivity index (χ1) is 11.0. The molecule has 0 bridgehead atoms. The molecule has 3 rings (SSSR count). The van der Waals surface area contributed by atoms with E-state index in [1.54, 1.807) is 14.2 Å². The summed E-state index contributed by atoms with van der Waals surface area (Å²) in [4.78, 5) is 12.5. The van der Waals surface area contributed by atoms with Gasteiger partial charge < -0.3 is 14.2 Å². The van der Waals surface area contributed by atoms with Gasteiger partial charge in [-0.05, 0) is 48.7 Å². The van der Waals surface area contributed by atoms with Crippen molar-refractivity contribution in [2.45, 2.75) is 26.4 Å². The van der Waals surface area contributed by atoms with Gasteiger partial charge in [0.15, 0.2) is 17.3 Å². The molecular formula is C19H20O4. The molecule has 0 unspecified atom stereocenters. The van der Waals surface area contributed by atoms with E-state index in [4.69, 9.17) is 14.2 Å². The molecule has 1 aliphatic heterocycles. The third kappa shape index (κ3) is 2.77. The molecule has 0 aliphatic carbocycles. The van der Waals surface area contributed by atoms with Crippen molar-refractivity contribution < 1.29 is 19.0 Å². The lowest BCUT2D eigenvalue weighted by atomic mass is 9.93. The maximum Gasteiger partial charge on any atom is 0.170 e. The standard InChI is InChI=1S/C19H20O4/c1-11-7-12(2)19-14(8-11)15(20)10-17(23-19)13-5-6-16(21-3)18(9-13)22-4/h5-9,17H,10H2,1-4H3/t17-/m1/s1. The van der Waals surface area contributed by atoms with Gasteiger partial charge in [0, 0.05) is 0 Å². The highest BCUT2D eigenvalue weighted by Crippen LogP contribution is 2.39. The van der Waals surface area contributed by atoms with Gasteiger partial charge in [0.05, 0.1) is 26.2 Å². The summed E-state index contributed by atoms with van der Waals surface area (Å²) in [7, 11) is 3.19. The quantitative estimate of drug-likeness (QED) is 0.858. The van der Waals surface area contributed by atoms with E-state index in [0.29, 0.717) is 29.2 Å². The molecule has 0 spiro atoms. The van der Waals surface area contributed by atoms with Gasteiger partial charge in [-0.25, -0.2) is 0 Å². The smallest absolute Gasteiger partial charge is 0.170 e. The molecule has 0 radical (unpaired) electrons. The van der Waals surface area contributed by atoms with E-state index >= 15 is 0 Å². The summed E-state index contributed by atoms with van der Waals surface area (Å²) in [5.74, 6) is 2.09. The maximum atomic E-state index is 12.5. The van der Waals surface area contributed by atoms with E-state index in [1.165, 1.54) is 0 Å². The average molecular weight is 312 g/mol. The van der Waals surface area contributed by atoms with E-state index in [1.807, 2.05) is 44.2 Å². The molecule has 0 aromatic heterocycles. The highest BCUT2D eigenvalue weighted by molar-refractivity contribution is 6.00. The van der Waals surface area contributed by atoms with Crippen molar-refractivity contribution in [3.63, 3.8) is 0 Å². The number of methoxy groups -OCH3 is 2. The summed E-state index contributed by atoms with van der Waals surface area (Å²) in [5.41, 5.74) is 3.64. The monoisotopic (exact) mass is 312 g/mol. The van der Waals surface area contributed by atoms with Gasteiger partial charge in [0.1, 0.15) is 11.9 Å². The molecule has 0 saturated carbocycles. The second-order valence-corrected chi connectivity index (χ2v) is 5.81. The Morgan fingerprint density at radius 1 is 1.04 bits per heavy atom. The lowest BCUT2D eigenvalue weighted by Gasteiger charge is -2.27. The number of carbonyl (C=O) groups excluding carboxylic acids is 1. The second kappa shape index (κ2) is 5.95. The largest absolute Gasteiger partial charge is 0.493 e. The van der Waals surface area contributed by atoms with Gasteiger partial charge in [-0.1, -0.05) is 12.1 Å². The van der Waals surface area contributed by atoms with E-state index in [0.717, 1.165) is 16.7 Å². The summed E-state index contributed by atoms with van der Waals surface area (Å²) < 4.78 is 16.7. The molecule has 0 amide bonds. The van der Waals surface area contributed by atoms with Crippen molar-refractivity contribution in [1.29, 1.82) is 0 Å². The Kier molecular flexibility index (Phi) is 3.99. The normalized spacial score (nSPS) is 16.5. The Hall–Kier alpha value is -2.49. The SMILES string of the molecule is COc1ccc([C@H]2CC(=O)c3cc(C)cc(C)c3O2)cc1OC. The first kappa shape index (κ1) is 15.4. The van der Waals surface area contributed by atoms with Gasteiger partial charge in [0.25, 0.3) is 0 Å². The maximum absolute atomic E-state index is 12.5. The molecule has 120 valence electrons. The summed E-state index contributed by atoms with van der Waals surface area (Å²) >= 11 is 0. The predicted molar refractivity (Wildman–Crippen MR) is 87.8 cm³/mol. The zero-order chi connectivity index (χ0) is 16.6.